The van der Waals surface area contributed by atoms with E-state index in [1.54, 1.807) is 4.90 Å². The molecule has 18 heavy (non-hydrogen) atoms. The number of rotatable bonds is 8. The van der Waals surface area contributed by atoms with Gasteiger partial charge in [0, 0.05) is 32.7 Å². The minimum atomic E-state index is -0.171. The molecule has 1 unspecified atom stereocenters. The van der Waals surface area contributed by atoms with Crippen molar-refractivity contribution in [3.63, 3.8) is 0 Å². The van der Waals surface area contributed by atoms with Gasteiger partial charge in [0.05, 0.1) is 5.92 Å². The molecule has 0 spiro atoms. The number of hydrogen-bond acceptors (Lipinski definition) is 3. The lowest BCUT2D eigenvalue weighted by atomic mass is 10.1. The van der Waals surface area contributed by atoms with Crippen LogP contribution in [0.1, 0.15) is 39.0 Å². The summed E-state index contributed by atoms with van der Waals surface area (Å²) in [5.41, 5.74) is 0. The van der Waals surface area contributed by atoms with E-state index in [1.807, 2.05) is 6.92 Å². The zero-order valence-electron chi connectivity index (χ0n) is 11.2. The highest BCUT2D eigenvalue weighted by Gasteiger charge is 2.32. The van der Waals surface area contributed by atoms with E-state index in [9.17, 15) is 9.59 Å². The fraction of sp³-hybridized carbons (Fsp3) is 0.846. The Morgan fingerprint density at radius 3 is 2.72 bits per heavy atom. The number of aliphatic hydroxyl groups is 1. The summed E-state index contributed by atoms with van der Waals surface area (Å²) in [7, 11) is 0. The van der Waals surface area contributed by atoms with Crippen molar-refractivity contribution in [2.45, 2.75) is 39.0 Å². The van der Waals surface area contributed by atoms with Crippen molar-refractivity contribution in [2.75, 3.05) is 26.2 Å². The number of aliphatic hydroxyl groups excluding tert-OH is 1. The van der Waals surface area contributed by atoms with Gasteiger partial charge in [-0.05, 0) is 19.8 Å². The molecule has 1 heterocycles. The molecular formula is C13H24N2O3. The van der Waals surface area contributed by atoms with Gasteiger partial charge in [0.25, 0.3) is 0 Å². The Labute approximate surface area is 109 Å². The van der Waals surface area contributed by atoms with Crippen LogP contribution in [0.4, 0.5) is 0 Å². The van der Waals surface area contributed by atoms with E-state index < -0.39 is 0 Å². The molecule has 104 valence electrons. The zero-order chi connectivity index (χ0) is 13.4. The number of unbranched alkanes of at least 4 members (excludes halogenated alkanes) is 3. The summed E-state index contributed by atoms with van der Waals surface area (Å²) in [6, 6.07) is 0. The SMILES string of the molecule is CCN1CC(C(=O)NCCCCCCO)CC1=O. The number of carbonyl (C=O) groups excluding carboxylic acids is 2. The van der Waals surface area contributed by atoms with Gasteiger partial charge >= 0.3 is 0 Å². The van der Waals surface area contributed by atoms with Gasteiger partial charge in [-0.15, -0.1) is 0 Å². The molecule has 1 atom stereocenters. The summed E-state index contributed by atoms with van der Waals surface area (Å²) in [6.07, 6.45) is 4.13. The van der Waals surface area contributed by atoms with Crippen LogP contribution in [0.5, 0.6) is 0 Å². The van der Waals surface area contributed by atoms with Crippen molar-refractivity contribution >= 4 is 11.8 Å². The maximum absolute atomic E-state index is 11.8. The highest BCUT2D eigenvalue weighted by molar-refractivity contribution is 5.89. The molecule has 0 radical (unpaired) electrons. The van der Waals surface area contributed by atoms with Crippen LogP contribution < -0.4 is 5.32 Å². The third kappa shape index (κ3) is 4.64. The number of nitrogens with zero attached hydrogens (tertiary/aromatic N) is 1. The Morgan fingerprint density at radius 1 is 1.39 bits per heavy atom. The van der Waals surface area contributed by atoms with E-state index in [1.165, 1.54) is 0 Å². The van der Waals surface area contributed by atoms with Crippen LogP contribution in [-0.4, -0.2) is 48.1 Å². The molecule has 2 amide bonds. The molecule has 5 nitrogen and oxygen atoms in total. The van der Waals surface area contributed by atoms with Crippen molar-refractivity contribution in [1.29, 1.82) is 0 Å². The zero-order valence-corrected chi connectivity index (χ0v) is 11.2. The van der Waals surface area contributed by atoms with Gasteiger partial charge in [-0.25, -0.2) is 0 Å². The topological polar surface area (TPSA) is 69.6 Å². The van der Waals surface area contributed by atoms with Crippen molar-refractivity contribution in [3.8, 4) is 0 Å². The molecule has 0 aromatic carbocycles. The van der Waals surface area contributed by atoms with E-state index in [-0.39, 0.29) is 24.3 Å². The molecule has 0 aliphatic carbocycles. The van der Waals surface area contributed by atoms with Crippen LogP contribution in [0, 0.1) is 5.92 Å². The van der Waals surface area contributed by atoms with Gasteiger partial charge in [0.1, 0.15) is 0 Å². The summed E-state index contributed by atoms with van der Waals surface area (Å²) in [5, 5.41) is 11.5. The molecule has 0 aromatic heterocycles. The molecule has 1 aliphatic rings. The monoisotopic (exact) mass is 256 g/mol. The third-order valence-electron chi connectivity index (χ3n) is 3.35. The van der Waals surface area contributed by atoms with Crippen molar-refractivity contribution in [3.05, 3.63) is 0 Å². The molecule has 5 heteroatoms. The normalized spacial score (nSPS) is 19.3. The van der Waals surface area contributed by atoms with E-state index in [0.717, 1.165) is 25.7 Å². The Kier molecular flexibility index (Phi) is 6.72. The summed E-state index contributed by atoms with van der Waals surface area (Å²) in [4.78, 5) is 25.0. The molecule has 1 saturated heterocycles. The van der Waals surface area contributed by atoms with Gasteiger partial charge in [-0.2, -0.15) is 0 Å². The van der Waals surface area contributed by atoms with Crippen LogP contribution in [0.2, 0.25) is 0 Å². The molecule has 1 aliphatic heterocycles. The van der Waals surface area contributed by atoms with Gasteiger partial charge < -0.3 is 15.3 Å². The summed E-state index contributed by atoms with van der Waals surface area (Å²) >= 11 is 0. The van der Waals surface area contributed by atoms with Gasteiger partial charge in [0.2, 0.25) is 11.8 Å². The first-order valence-electron chi connectivity index (χ1n) is 6.85. The minimum Gasteiger partial charge on any atom is -0.396 e. The summed E-state index contributed by atoms with van der Waals surface area (Å²) < 4.78 is 0. The minimum absolute atomic E-state index is 0.00135. The van der Waals surface area contributed by atoms with Crippen LogP contribution in [-0.2, 0) is 9.59 Å². The first-order valence-corrected chi connectivity index (χ1v) is 6.85. The van der Waals surface area contributed by atoms with Gasteiger partial charge in [-0.3, -0.25) is 9.59 Å². The van der Waals surface area contributed by atoms with Crippen molar-refractivity contribution in [2.24, 2.45) is 5.92 Å². The molecule has 2 N–H and O–H groups in total. The molecule has 1 rings (SSSR count). The maximum atomic E-state index is 11.8. The molecular weight excluding hydrogens is 232 g/mol. The Bertz CT molecular complexity index is 281. The molecule has 1 fully saturated rings. The van der Waals surface area contributed by atoms with E-state index >= 15 is 0 Å². The molecule has 0 bridgehead atoms. The quantitative estimate of drug-likeness (QED) is 0.622. The predicted octanol–water partition coefficient (Wildman–Crippen LogP) is 0.524. The third-order valence-corrected chi connectivity index (χ3v) is 3.35. The fourth-order valence-corrected chi connectivity index (χ4v) is 2.20. The standard InChI is InChI=1S/C13H24N2O3/c1-2-15-10-11(9-12(15)17)13(18)14-7-5-3-4-6-8-16/h11,16H,2-10H2,1H3,(H,14,18). The second-order valence-corrected chi connectivity index (χ2v) is 4.76. The Hall–Kier alpha value is -1.10. The van der Waals surface area contributed by atoms with Crippen molar-refractivity contribution < 1.29 is 14.7 Å². The highest BCUT2D eigenvalue weighted by atomic mass is 16.3. The lowest BCUT2D eigenvalue weighted by Gasteiger charge is -2.13. The predicted molar refractivity (Wildman–Crippen MR) is 68.9 cm³/mol. The second kappa shape index (κ2) is 8.08. The molecule has 0 saturated carbocycles. The Morgan fingerprint density at radius 2 is 2.11 bits per heavy atom. The first-order chi connectivity index (χ1) is 8.69. The molecule has 0 aromatic rings. The maximum Gasteiger partial charge on any atom is 0.225 e. The number of nitrogens with one attached hydrogen (secondary N) is 1. The second-order valence-electron chi connectivity index (χ2n) is 4.76. The van der Waals surface area contributed by atoms with Gasteiger partial charge in [-0.1, -0.05) is 12.8 Å². The highest BCUT2D eigenvalue weighted by Crippen LogP contribution is 2.17. The average Bonchev–Trinajstić information content (AvgIpc) is 2.74. The Balaban J connectivity index is 2.12. The summed E-state index contributed by atoms with van der Waals surface area (Å²) in [5.74, 6) is -0.0862. The number of likely N-dealkylation sites (tertiary alicyclic amines) is 1. The lowest BCUT2D eigenvalue weighted by molar-refractivity contribution is -0.128. The number of hydrogen-bond donors (Lipinski definition) is 2. The fourth-order valence-electron chi connectivity index (χ4n) is 2.20. The van der Waals surface area contributed by atoms with Gasteiger partial charge in [0.15, 0.2) is 0 Å². The van der Waals surface area contributed by atoms with Crippen LogP contribution >= 0.6 is 0 Å². The van der Waals surface area contributed by atoms with E-state index in [0.29, 0.717) is 26.1 Å². The number of amides is 2. The largest absolute Gasteiger partial charge is 0.396 e. The smallest absolute Gasteiger partial charge is 0.225 e. The summed E-state index contributed by atoms with van der Waals surface area (Å²) in [6.45, 7) is 4.08. The lowest BCUT2D eigenvalue weighted by Crippen LogP contribution is -2.33. The van der Waals surface area contributed by atoms with Crippen LogP contribution in [0.3, 0.4) is 0 Å². The van der Waals surface area contributed by atoms with E-state index in [2.05, 4.69) is 5.32 Å². The van der Waals surface area contributed by atoms with Crippen molar-refractivity contribution in [1.82, 2.24) is 10.2 Å². The number of carbonyl (C=O) groups is 2. The van der Waals surface area contributed by atoms with E-state index in [4.69, 9.17) is 5.11 Å². The average molecular weight is 256 g/mol. The van der Waals surface area contributed by atoms with Crippen LogP contribution in [0.15, 0.2) is 0 Å². The van der Waals surface area contributed by atoms with Crippen LogP contribution in [0.25, 0.3) is 0 Å². The first kappa shape index (κ1) is 15.0.